The normalized spacial score (nSPS) is 19.8. The monoisotopic (exact) mass is 311 g/mol. The fourth-order valence-corrected chi connectivity index (χ4v) is 2.29. The first-order valence-electron chi connectivity index (χ1n) is 7.32. The SMILES string of the molecule is C[C@@]1(C(=O)O)CC(c2ccc(OCc3ccccc3)cc2)=NO1. The van der Waals surface area contributed by atoms with E-state index in [-0.39, 0.29) is 6.42 Å². The van der Waals surface area contributed by atoms with Gasteiger partial charge in [0.15, 0.2) is 0 Å². The molecule has 0 spiro atoms. The molecule has 5 nitrogen and oxygen atoms in total. The maximum absolute atomic E-state index is 11.2. The van der Waals surface area contributed by atoms with Crippen molar-refractivity contribution in [3.05, 3.63) is 65.7 Å². The zero-order chi connectivity index (χ0) is 16.3. The minimum absolute atomic E-state index is 0.243. The predicted molar refractivity (Wildman–Crippen MR) is 85.5 cm³/mol. The highest BCUT2D eigenvalue weighted by Crippen LogP contribution is 2.27. The first kappa shape index (κ1) is 15.1. The average Bonchev–Trinajstić information content (AvgIpc) is 2.98. The van der Waals surface area contributed by atoms with Crippen molar-refractivity contribution in [3.8, 4) is 5.75 Å². The molecule has 0 aromatic heterocycles. The number of nitrogens with zero attached hydrogens (tertiary/aromatic N) is 1. The molecule has 2 aromatic carbocycles. The summed E-state index contributed by atoms with van der Waals surface area (Å²) in [4.78, 5) is 16.2. The van der Waals surface area contributed by atoms with Crippen molar-refractivity contribution in [2.45, 2.75) is 25.6 Å². The third-order valence-corrected chi connectivity index (χ3v) is 3.75. The zero-order valence-corrected chi connectivity index (χ0v) is 12.7. The Hall–Kier alpha value is -2.82. The van der Waals surface area contributed by atoms with E-state index in [2.05, 4.69) is 5.16 Å². The Kier molecular flexibility index (Phi) is 4.02. The van der Waals surface area contributed by atoms with Gasteiger partial charge in [-0.15, -0.1) is 0 Å². The van der Waals surface area contributed by atoms with Gasteiger partial charge in [0.2, 0.25) is 5.60 Å². The van der Waals surface area contributed by atoms with Crippen LogP contribution in [0.5, 0.6) is 5.75 Å². The van der Waals surface area contributed by atoms with Crippen molar-refractivity contribution in [1.82, 2.24) is 0 Å². The van der Waals surface area contributed by atoms with E-state index in [1.807, 2.05) is 54.6 Å². The van der Waals surface area contributed by atoms with Crippen LogP contribution in [0.15, 0.2) is 59.8 Å². The van der Waals surface area contributed by atoms with Gasteiger partial charge in [0, 0.05) is 6.42 Å². The summed E-state index contributed by atoms with van der Waals surface area (Å²) in [6.45, 7) is 2.02. The maximum Gasteiger partial charge on any atom is 0.351 e. The van der Waals surface area contributed by atoms with Crippen LogP contribution in [0.3, 0.4) is 0 Å². The summed E-state index contributed by atoms with van der Waals surface area (Å²) < 4.78 is 5.72. The Morgan fingerprint density at radius 2 is 1.91 bits per heavy atom. The molecule has 0 saturated carbocycles. The Balaban J connectivity index is 1.63. The van der Waals surface area contributed by atoms with Gasteiger partial charge in [-0.25, -0.2) is 4.79 Å². The highest BCUT2D eigenvalue weighted by atomic mass is 16.7. The lowest BCUT2D eigenvalue weighted by Gasteiger charge is -2.14. The molecule has 1 aliphatic heterocycles. The van der Waals surface area contributed by atoms with Crippen LogP contribution in [-0.4, -0.2) is 22.4 Å². The molecule has 5 heteroatoms. The smallest absolute Gasteiger partial charge is 0.351 e. The second-order valence-electron chi connectivity index (χ2n) is 5.64. The Morgan fingerprint density at radius 3 is 2.52 bits per heavy atom. The molecular formula is C18H17NO4. The fraction of sp³-hybridized carbons (Fsp3) is 0.222. The van der Waals surface area contributed by atoms with Crippen molar-refractivity contribution in [2.24, 2.45) is 5.16 Å². The molecule has 1 heterocycles. The number of ether oxygens (including phenoxy) is 1. The van der Waals surface area contributed by atoms with Crippen LogP contribution in [0.1, 0.15) is 24.5 Å². The molecule has 0 saturated heterocycles. The molecule has 0 radical (unpaired) electrons. The topological polar surface area (TPSA) is 68.1 Å². The summed E-state index contributed by atoms with van der Waals surface area (Å²) in [5.74, 6) is -0.267. The van der Waals surface area contributed by atoms with Crippen LogP contribution in [0.4, 0.5) is 0 Å². The highest BCUT2D eigenvalue weighted by Gasteiger charge is 2.42. The molecule has 1 aliphatic rings. The van der Waals surface area contributed by atoms with E-state index < -0.39 is 11.6 Å². The van der Waals surface area contributed by atoms with Crippen molar-refractivity contribution in [3.63, 3.8) is 0 Å². The molecule has 1 N–H and O–H groups in total. The first-order chi connectivity index (χ1) is 11.1. The second-order valence-corrected chi connectivity index (χ2v) is 5.64. The lowest BCUT2D eigenvalue weighted by molar-refractivity contribution is -0.160. The summed E-state index contributed by atoms with van der Waals surface area (Å²) in [6, 6.07) is 17.3. The molecule has 2 aromatic rings. The van der Waals surface area contributed by atoms with Gasteiger partial charge >= 0.3 is 5.97 Å². The number of carboxylic acids is 1. The molecule has 0 bridgehead atoms. The van der Waals surface area contributed by atoms with E-state index in [4.69, 9.17) is 14.7 Å². The number of oxime groups is 1. The number of aliphatic carboxylic acids is 1. The lowest BCUT2D eigenvalue weighted by Crippen LogP contribution is -2.35. The number of hydrogen-bond acceptors (Lipinski definition) is 4. The van der Waals surface area contributed by atoms with Gasteiger partial charge in [-0.1, -0.05) is 35.5 Å². The van der Waals surface area contributed by atoms with Gasteiger partial charge in [0.1, 0.15) is 12.4 Å². The molecule has 0 unspecified atom stereocenters. The van der Waals surface area contributed by atoms with Gasteiger partial charge < -0.3 is 14.7 Å². The fourth-order valence-electron chi connectivity index (χ4n) is 2.29. The molecule has 0 amide bonds. The number of benzene rings is 2. The zero-order valence-electron chi connectivity index (χ0n) is 12.7. The molecule has 0 aliphatic carbocycles. The Bertz CT molecular complexity index is 724. The van der Waals surface area contributed by atoms with Crippen LogP contribution in [0, 0.1) is 0 Å². The first-order valence-corrected chi connectivity index (χ1v) is 7.32. The number of rotatable bonds is 5. The van der Waals surface area contributed by atoms with Crippen molar-refractivity contribution < 1.29 is 19.5 Å². The van der Waals surface area contributed by atoms with Gasteiger partial charge in [0.25, 0.3) is 0 Å². The number of carboxylic acid groups (broad SMARTS) is 1. The van der Waals surface area contributed by atoms with Gasteiger partial charge in [-0.3, -0.25) is 0 Å². The molecular weight excluding hydrogens is 294 g/mol. The number of hydrogen-bond donors (Lipinski definition) is 1. The molecule has 23 heavy (non-hydrogen) atoms. The minimum atomic E-state index is -1.28. The van der Waals surface area contributed by atoms with E-state index in [1.54, 1.807) is 0 Å². The maximum atomic E-state index is 11.2. The summed E-state index contributed by atoms with van der Waals surface area (Å²) >= 11 is 0. The summed E-state index contributed by atoms with van der Waals surface area (Å²) in [5, 5.41) is 13.0. The van der Waals surface area contributed by atoms with Crippen LogP contribution in [0.2, 0.25) is 0 Å². The third-order valence-electron chi connectivity index (χ3n) is 3.75. The van der Waals surface area contributed by atoms with E-state index in [0.717, 1.165) is 16.9 Å². The number of carbonyl (C=O) groups is 1. The van der Waals surface area contributed by atoms with Crippen LogP contribution < -0.4 is 4.74 Å². The van der Waals surface area contributed by atoms with E-state index >= 15 is 0 Å². The molecule has 1 atom stereocenters. The summed E-state index contributed by atoms with van der Waals surface area (Å²) in [5.41, 5.74) is 1.28. The second kappa shape index (κ2) is 6.12. The average molecular weight is 311 g/mol. The van der Waals surface area contributed by atoms with Gasteiger partial charge in [-0.05, 0) is 42.3 Å². The van der Waals surface area contributed by atoms with Gasteiger partial charge in [-0.2, -0.15) is 0 Å². The lowest BCUT2D eigenvalue weighted by atomic mass is 9.96. The molecule has 0 fully saturated rings. The quantitative estimate of drug-likeness (QED) is 0.920. The van der Waals surface area contributed by atoms with E-state index in [1.165, 1.54) is 6.92 Å². The predicted octanol–water partition coefficient (Wildman–Crippen LogP) is 3.23. The van der Waals surface area contributed by atoms with Crippen LogP contribution in [-0.2, 0) is 16.2 Å². The third kappa shape index (κ3) is 3.34. The van der Waals surface area contributed by atoms with Crippen molar-refractivity contribution in [1.29, 1.82) is 0 Å². The minimum Gasteiger partial charge on any atom is -0.489 e. The summed E-state index contributed by atoms with van der Waals surface area (Å²) in [6.07, 6.45) is 0.243. The van der Waals surface area contributed by atoms with E-state index in [0.29, 0.717) is 12.3 Å². The van der Waals surface area contributed by atoms with Crippen molar-refractivity contribution >= 4 is 11.7 Å². The molecule has 3 rings (SSSR count). The van der Waals surface area contributed by atoms with E-state index in [9.17, 15) is 4.79 Å². The van der Waals surface area contributed by atoms with Gasteiger partial charge in [0.05, 0.1) is 5.71 Å². The van der Waals surface area contributed by atoms with Crippen molar-refractivity contribution in [2.75, 3.05) is 0 Å². The van der Waals surface area contributed by atoms with Crippen LogP contribution >= 0.6 is 0 Å². The molecule has 118 valence electrons. The Morgan fingerprint density at radius 1 is 1.22 bits per heavy atom. The standard InChI is InChI=1S/C18H17NO4/c1-18(17(20)21)11-16(19-23-18)14-7-9-15(10-8-14)22-12-13-5-3-2-4-6-13/h2-10H,11-12H2,1H3,(H,20,21)/t18-/m0/s1. The Labute approximate surface area is 134 Å². The summed E-state index contributed by atoms with van der Waals surface area (Å²) in [7, 11) is 0. The van der Waals surface area contributed by atoms with Crippen LogP contribution in [0.25, 0.3) is 0 Å². The highest BCUT2D eigenvalue weighted by molar-refractivity contribution is 6.04. The largest absolute Gasteiger partial charge is 0.489 e.